The van der Waals surface area contributed by atoms with Gasteiger partial charge in [0.1, 0.15) is 11.9 Å². The van der Waals surface area contributed by atoms with Crippen molar-refractivity contribution in [3.8, 4) is 0 Å². The summed E-state index contributed by atoms with van der Waals surface area (Å²) in [6.07, 6.45) is 0.795. The van der Waals surface area contributed by atoms with Crippen LogP contribution in [0, 0.1) is 11.7 Å². The third-order valence-electron chi connectivity index (χ3n) is 4.73. The van der Waals surface area contributed by atoms with Crippen LogP contribution in [-0.4, -0.2) is 35.1 Å². The van der Waals surface area contributed by atoms with Gasteiger partial charge in [0.05, 0.1) is 0 Å². The lowest BCUT2D eigenvalue weighted by atomic mass is 10.1. The van der Waals surface area contributed by atoms with Gasteiger partial charge in [-0.3, -0.25) is 9.59 Å². The second-order valence-corrected chi connectivity index (χ2v) is 9.37. The van der Waals surface area contributed by atoms with E-state index >= 15 is 0 Å². The third kappa shape index (κ3) is 8.54. The number of rotatable bonds is 11. The second-order valence-electron chi connectivity index (χ2n) is 7.76. The molecule has 31 heavy (non-hydrogen) atoms. The first-order valence-corrected chi connectivity index (χ1v) is 11.9. The number of hydrogen-bond donors (Lipinski definition) is 1. The molecular formula is C24H30ClFN2O2S. The molecule has 1 atom stereocenters. The Morgan fingerprint density at radius 3 is 2.32 bits per heavy atom. The van der Waals surface area contributed by atoms with E-state index in [4.69, 9.17) is 11.6 Å². The molecule has 0 aliphatic heterocycles. The predicted octanol–water partition coefficient (Wildman–Crippen LogP) is 5.54. The Hall–Kier alpha value is -2.05. The summed E-state index contributed by atoms with van der Waals surface area (Å²) in [5.74, 6) is 0.320. The molecule has 0 aromatic heterocycles. The van der Waals surface area contributed by atoms with Gasteiger partial charge in [0.15, 0.2) is 0 Å². The third-order valence-corrected chi connectivity index (χ3v) is 6.00. The molecule has 0 aliphatic carbocycles. The lowest BCUT2D eigenvalue weighted by Crippen LogP contribution is -2.49. The summed E-state index contributed by atoms with van der Waals surface area (Å²) in [4.78, 5) is 28.6. The summed E-state index contributed by atoms with van der Waals surface area (Å²) in [6, 6.07) is 12.9. The van der Waals surface area contributed by atoms with Gasteiger partial charge < -0.3 is 10.2 Å². The summed E-state index contributed by atoms with van der Waals surface area (Å²) >= 11 is 7.49. The van der Waals surface area contributed by atoms with Gasteiger partial charge in [0.25, 0.3) is 0 Å². The van der Waals surface area contributed by atoms with E-state index in [2.05, 4.69) is 5.32 Å². The van der Waals surface area contributed by atoms with Crippen LogP contribution >= 0.6 is 23.4 Å². The predicted molar refractivity (Wildman–Crippen MR) is 126 cm³/mol. The highest BCUT2D eigenvalue weighted by molar-refractivity contribution is 7.99. The Bertz CT molecular complexity index is 844. The Morgan fingerprint density at radius 1 is 1.10 bits per heavy atom. The zero-order chi connectivity index (χ0) is 22.8. The van der Waals surface area contributed by atoms with Crippen molar-refractivity contribution < 1.29 is 14.0 Å². The number of carbonyl (C=O) groups is 2. The number of carbonyl (C=O) groups excluding carboxylic acids is 2. The molecule has 0 bridgehead atoms. The zero-order valence-electron chi connectivity index (χ0n) is 18.2. The molecule has 0 saturated heterocycles. The second kappa shape index (κ2) is 12.7. The van der Waals surface area contributed by atoms with E-state index in [1.54, 1.807) is 28.8 Å². The fourth-order valence-corrected chi connectivity index (χ4v) is 4.03. The van der Waals surface area contributed by atoms with Gasteiger partial charge >= 0.3 is 0 Å². The Balaban J connectivity index is 2.10. The Kier molecular flexibility index (Phi) is 10.3. The van der Waals surface area contributed by atoms with Crippen LogP contribution in [0.15, 0.2) is 53.4 Å². The zero-order valence-corrected chi connectivity index (χ0v) is 19.8. The van der Waals surface area contributed by atoms with Crippen LogP contribution in [0.1, 0.15) is 39.2 Å². The van der Waals surface area contributed by atoms with Crippen LogP contribution in [0.3, 0.4) is 0 Å². The summed E-state index contributed by atoms with van der Waals surface area (Å²) < 4.78 is 13.3. The summed E-state index contributed by atoms with van der Waals surface area (Å²) in [5, 5.41) is 3.61. The lowest BCUT2D eigenvalue weighted by Gasteiger charge is -2.31. The molecule has 2 aromatic carbocycles. The molecule has 0 radical (unpaired) electrons. The monoisotopic (exact) mass is 464 g/mol. The van der Waals surface area contributed by atoms with Crippen LogP contribution < -0.4 is 5.32 Å². The van der Waals surface area contributed by atoms with Crippen molar-refractivity contribution in [3.63, 3.8) is 0 Å². The highest BCUT2D eigenvalue weighted by Gasteiger charge is 2.28. The van der Waals surface area contributed by atoms with Gasteiger partial charge in [-0.1, -0.05) is 44.5 Å². The average Bonchev–Trinajstić information content (AvgIpc) is 2.74. The fraction of sp³-hybridized carbons (Fsp3) is 0.417. The number of nitrogens with zero attached hydrogens (tertiary/aromatic N) is 1. The van der Waals surface area contributed by atoms with E-state index in [0.29, 0.717) is 36.1 Å². The average molecular weight is 465 g/mol. The van der Waals surface area contributed by atoms with Gasteiger partial charge in [0, 0.05) is 35.2 Å². The van der Waals surface area contributed by atoms with E-state index in [1.165, 1.54) is 12.1 Å². The van der Waals surface area contributed by atoms with E-state index in [0.717, 1.165) is 10.5 Å². The quantitative estimate of drug-likeness (QED) is 0.444. The van der Waals surface area contributed by atoms with Gasteiger partial charge in [-0.15, -0.1) is 11.8 Å². The smallest absolute Gasteiger partial charge is 0.242 e. The maximum atomic E-state index is 13.3. The first-order chi connectivity index (χ1) is 14.8. The molecule has 0 fully saturated rings. The van der Waals surface area contributed by atoms with Gasteiger partial charge in [-0.2, -0.15) is 0 Å². The SMILES string of the molecule is CCC(C(=O)NCC(C)C)N(Cc1ccc(F)cc1)C(=O)CCSc1ccc(Cl)cc1. The van der Waals surface area contributed by atoms with Crippen LogP contribution in [0.25, 0.3) is 0 Å². The molecule has 0 aliphatic rings. The van der Waals surface area contributed by atoms with Crippen molar-refractivity contribution in [2.45, 2.75) is 51.1 Å². The molecule has 4 nitrogen and oxygen atoms in total. The highest BCUT2D eigenvalue weighted by Crippen LogP contribution is 2.22. The Morgan fingerprint density at radius 2 is 1.74 bits per heavy atom. The van der Waals surface area contributed by atoms with Crippen LogP contribution in [0.4, 0.5) is 4.39 Å². The summed E-state index contributed by atoms with van der Waals surface area (Å²) in [7, 11) is 0. The molecule has 0 heterocycles. The summed E-state index contributed by atoms with van der Waals surface area (Å²) in [6.45, 7) is 6.76. The molecule has 0 spiro atoms. The van der Waals surface area contributed by atoms with E-state index in [1.807, 2.05) is 45.0 Å². The number of halogens is 2. The number of hydrogen-bond acceptors (Lipinski definition) is 3. The van der Waals surface area contributed by atoms with E-state index in [-0.39, 0.29) is 24.2 Å². The minimum Gasteiger partial charge on any atom is -0.354 e. The lowest BCUT2D eigenvalue weighted by molar-refractivity contribution is -0.141. The molecule has 1 unspecified atom stereocenters. The van der Waals surface area contributed by atoms with E-state index < -0.39 is 6.04 Å². The standard InChI is InChI=1S/C24H30ClFN2O2S/c1-4-22(24(30)27-15-17(2)3)28(16-18-5-9-20(26)10-6-18)23(29)13-14-31-21-11-7-19(25)8-12-21/h5-12,17,22H,4,13-16H2,1-3H3,(H,27,30). The van der Waals surface area contributed by atoms with Crippen LogP contribution in [0.2, 0.25) is 5.02 Å². The van der Waals surface area contributed by atoms with Crippen molar-refractivity contribution in [1.82, 2.24) is 10.2 Å². The highest BCUT2D eigenvalue weighted by atomic mass is 35.5. The minimum absolute atomic E-state index is 0.0997. The van der Waals surface area contributed by atoms with Gasteiger partial charge in [0.2, 0.25) is 11.8 Å². The van der Waals surface area contributed by atoms with Gasteiger partial charge in [-0.05, 0) is 54.3 Å². The molecule has 7 heteroatoms. The fourth-order valence-electron chi connectivity index (χ4n) is 3.06. The van der Waals surface area contributed by atoms with Crippen molar-refractivity contribution in [3.05, 3.63) is 64.9 Å². The first kappa shape index (κ1) is 25.2. The number of nitrogens with one attached hydrogen (secondary N) is 1. The van der Waals surface area contributed by atoms with Crippen molar-refractivity contribution >= 4 is 35.2 Å². The van der Waals surface area contributed by atoms with Gasteiger partial charge in [-0.25, -0.2) is 4.39 Å². The van der Waals surface area contributed by atoms with Crippen molar-refractivity contribution in [1.29, 1.82) is 0 Å². The minimum atomic E-state index is -0.572. The van der Waals surface area contributed by atoms with Crippen molar-refractivity contribution in [2.75, 3.05) is 12.3 Å². The maximum Gasteiger partial charge on any atom is 0.242 e. The number of thioether (sulfide) groups is 1. The molecule has 168 valence electrons. The first-order valence-electron chi connectivity index (χ1n) is 10.5. The molecule has 1 N–H and O–H groups in total. The summed E-state index contributed by atoms with van der Waals surface area (Å²) in [5.41, 5.74) is 0.787. The normalized spacial score (nSPS) is 11.9. The van der Waals surface area contributed by atoms with Crippen LogP contribution in [-0.2, 0) is 16.1 Å². The molecule has 0 saturated carbocycles. The Labute approximate surface area is 193 Å². The van der Waals surface area contributed by atoms with Crippen molar-refractivity contribution in [2.24, 2.45) is 5.92 Å². The number of benzene rings is 2. The van der Waals surface area contributed by atoms with E-state index in [9.17, 15) is 14.0 Å². The molecular weight excluding hydrogens is 435 g/mol. The maximum absolute atomic E-state index is 13.3. The molecule has 2 rings (SSSR count). The number of amides is 2. The largest absolute Gasteiger partial charge is 0.354 e. The van der Waals surface area contributed by atoms with Crippen LogP contribution in [0.5, 0.6) is 0 Å². The molecule has 2 aromatic rings. The topological polar surface area (TPSA) is 49.4 Å². The molecule has 2 amide bonds.